The molecule has 1 aliphatic heterocycles. The van der Waals surface area contributed by atoms with Crippen LogP contribution in [0.4, 0.5) is 0 Å². The van der Waals surface area contributed by atoms with Crippen molar-refractivity contribution in [3.8, 4) is 0 Å². The van der Waals surface area contributed by atoms with E-state index in [0.717, 1.165) is 24.0 Å². The van der Waals surface area contributed by atoms with Gasteiger partial charge in [-0.3, -0.25) is 4.90 Å². The van der Waals surface area contributed by atoms with Crippen LogP contribution in [0.15, 0.2) is 5.38 Å². The fourth-order valence-electron chi connectivity index (χ4n) is 2.56. The quantitative estimate of drug-likeness (QED) is 0.892. The molecule has 3 nitrogen and oxygen atoms in total. The first kappa shape index (κ1) is 13.0. The number of thiazole rings is 1. The average Bonchev–Trinajstić information content (AvgIpc) is 2.63. The Morgan fingerprint density at radius 3 is 3.06 bits per heavy atom. The van der Waals surface area contributed by atoms with E-state index in [1.807, 2.05) is 0 Å². The highest BCUT2D eigenvalue weighted by molar-refractivity contribution is 7.09. The molecule has 1 aliphatic rings. The summed E-state index contributed by atoms with van der Waals surface area (Å²) in [6.07, 6.45) is 2.63. The van der Waals surface area contributed by atoms with Crippen LogP contribution in [0, 0.1) is 12.8 Å². The standard InChI is InChI=1S/C13H23N3S/c1-10-4-5-14-12(6-10)7-16(3)8-13-9-17-11(2)15-13/h9-10,12,14H,4-8H2,1-3H3. The zero-order valence-corrected chi connectivity index (χ0v) is 11.9. The Bertz CT molecular complexity index is 350. The minimum Gasteiger partial charge on any atom is -0.313 e. The fraction of sp³-hybridized carbons (Fsp3) is 0.769. The lowest BCUT2D eigenvalue weighted by molar-refractivity contribution is 0.229. The Hall–Kier alpha value is -0.450. The number of nitrogens with zero attached hydrogens (tertiary/aromatic N) is 2. The van der Waals surface area contributed by atoms with E-state index in [1.165, 1.54) is 25.1 Å². The molecule has 0 radical (unpaired) electrons. The van der Waals surface area contributed by atoms with E-state index >= 15 is 0 Å². The summed E-state index contributed by atoms with van der Waals surface area (Å²) in [5, 5.41) is 6.95. The minimum absolute atomic E-state index is 0.656. The number of likely N-dealkylation sites (N-methyl/N-ethyl adjacent to an activating group) is 1. The number of nitrogens with one attached hydrogen (secondary N) is 1. The van der Waals surface area contributed by atoms with Crippen LogP contribution in [0.1, 0.15) is 30.5 Å². The number of piperidine rings is 1. The summed E-state index contributed by atoms with van der Waals surface area (Å²) in [7, 11) is 2.19. The highest BCUT2D eigenvalue weighted by Crippen LogP contribution is 2.16. The van der Waals surface area contributed by atoms with Gasteiger partial charge in [0, 0.05) is 24.5 Å². The first-order valence-electron chi connectivity index (χ1n) is 6.46. The summed E-state index contributed by atoms with van der Waals surface area (Å²) in [4.78, 5) is 6.89. The van der Waals surface area contributed by atoms with Crippen LogP contribution in [0.3, 0.4) is 0 Å². The normalized spacial score (nSPS) is 25.4. The van der Waals surface area contributed by atoms with Crippen molar-refractivity contribution in [1.29, 1.82) is 0 Å². The molecular weight excluding hydrogens is 230 g/mol. The molecule has 2 heterocycles. The molecule has 1 aromatic rings. The van der Waals surface area contributed by atoms with Gasteiger partial charge in [-0.1, -0.05) is 6.92 Å². The maximum atomic E-state index is 4.52. The predicted octanol–water partition coefficient (Wildman–Crippen LogP) is 2.27. The molecule has 1 fully saturated rings. The Morgan fingerprint density at radius 2 is 2.41 bits per heavy atom. The van der Waals surface area contributed by atoms with E-state index in [2.05, 4.69) is 41.5 Å². The first-order valence-corrected chi connectivity index (χ1v) is 7.34. The van der Waals surface area contributed by atoms with Gasteiger partial charge in [0.05, 0.1) is 10.7 Å². The summed E-state index contributed by atoms with van der Waals surface area (Å²) < 4.78 is 0. The van der Waals surface area contributed by atoms with Crippen LogP contribution in [0.2, 0.25) is 0 Å². The van der Waals surface area contributed by atoms with Crippen molar-refractivity contribution in [2.24, 2.45) is 5.92 Å². The predicted molar refractivity (Wildman–Crippen MR) is 73.4 cm³/mol. The Kier molecular flexibility index (Phi) is 4.54. The highest BCUT2D eigenvalue weighted by atomic mass is 32.1. The molecule has 0 saturated carbocycles. The average molecular weight is 253 g/mol. The van der Waals surface area contributed by atoms with Crippen molar-refractivity contribution in [3.63, 3.8) is 0 Å². The molecule has 1 aromatic heterocycles. The molecule has 1 N–H and O–H groups in total. The van der Waals surface area contributed by atoms with Crippen molar-refractivity contribution >= 4 is 11.3 Å². The molecular formula is C13H23N3S. The van der Waals surface area contributed by atoms with Gasteiger partial charge in [-0.15, -0.1) is 11.3 Å². The lowest BCUT2D eigenvalue weighted by Gasteiger charge is -2.31. The van der Waals surface area contributed by atoms with Crippen LogP contribution in [0.25, 0.3) is 0 Å². The molecule has 17 heavy (non-hydrogen) atoms. The molecule has 0 spiro atoms. The second-order valence-electron chi connectivity index (χ2n) is 5.34. The van der Waals surface area contributed by atoms with Gasteiger partial charge in [0.15, 0.2) is 0 Å². The molecule has 96 valence electrons. The molecule has 0 aromatic carbocycles. The smallest absolute Gasteiger partial charge is 0.0897 e. The number of aryl methyl sites for hydroxylation is 1. The second kappa shape index (κ2) is 5.94. The van der Waals surface area contributed by atoms with E-state index in [9.17, 15) is 0 Å². The third kappa shape index (κ3) is 4.05. The zero-order chi connectivity index (χ0) is 12.3. The third-order valence-corrected chi connectivity index (χ3v) is 4.21. The molecule has 2 rings (SSSR count). The molecule has 0 amide bonds. The lowest BCUT2D eigenvalue weighted by atomic mass is 9.94. The van der Waals surface area contributed by atoms with Crippen molar-refractivity contribution in [3.05, 3.63) is 16.1 Å². The van der Waals surface area contributed by atoms with Crippen LogP contribution in [-0.2, 0) is 6.54 Å². The van der Waals surface area contributed by atoms with Crippen molar-refractivity contribution in [2.45, 2.75) is 39.3 Å². The van der Waals surface area contributed by atoms with Crippen LogP contribution >= 0.6 is 11.3 Å². The van der Waals surface area contributed by atoms with E-state index in [4.69, 9.17) is 0 Å². The third-order valence-electron chi connectivity index (χ3n) is 3.39. The van der Waals surface area contributed by atoms with Crippen LogP contribution in [0.5, 0.6) is 0 Å². The summed E-state index contributed by atoms with van der Waals surface area (Å²) in [6, 6.07) is 0.656. The first-order chi connectivity index (χ1) is 8.13. The Balaban J connectivity index is 1.78. The SMILES string of the molecule is Cc1nc(CN(C)CC2CC(C)CCN2)cs1. The number of aromatic nitrogens is 1. The number of rotatable bonds is 4. The minimum atomic E-state index is 0.656. The second-order valence-corrected chi connectivity index (χ2v) is 6.40. The van der Waals surface area contributed by atoms with Gasteiger partial charge in [0.25, 0.3) is 0 Å². The van der Waals surface area contributed by atoms with Gasteiger partial charge in [0.2, 0.25) is 0 Å². The molecule has 2 unspecified atom stereocenters. The fourth-order valence-corrected chi connectivity index (χ4v) is 3.16. The summed E-state index contributed by atoms with van der Waals surface area (Å²) in [5.74, 6) is 0.871. The maximum absolute atomic E-state index is 4.52. The van der Waals surface area contributed by atoms with Gasteiger partial charge >= 0.3 is 0 Å². The van der Waals surface area contributed by atoms with Gasteiger partial charge < -0.3 is 5.32 Å². The monoisotopic (exact) mass is 253 g/mol. The van der Waals surface area contributed by atoms with Crippen molar-refractivity contribution < 1.29 is 0 Å². The Labute approximate surface area is 108 Å². The van der Waals surface area contributed by atoms with E-state index in [-0.39, 0.29) is 0 Å². The van der Waals surface area contributed by atoms with E-state index in [0.29, 0.717) is 6.04 Å². The summed E-state index contributed by atoms with van der Waals surface area (Å²) in [5.41, 5.74) is 1.21. The van der Waals surface area contributed by atoms with Gasteiger partial charge in [-0.2, -0.15) is 0 Å². The van der Waals surface area contributed by atoms with E-state index in [1.54, 1.807) is 11.3 Å². The largest absolute Gasteiger partial charge is 0.313 e. The van der Waals surface area contributed by atoms with Gasteiger partial charge in [0.1, 0.15) is 0 Å². The Morgan fingerprint density at radius 1 is 1.59 bits per heavy atom. The maximum Gasteiger partial charge on any atom is 0.0897 e. The molecule has 2 atom stereocenters. The van der Waals surface area contributed by atoms with Crippen molar-refractivity contribution in [2.75, 3.05) is 20.1 Å². The summed E-state index contributed by atoms with van der Waals surface area (Å²) >= 11 is 1.74. The molecule has 0 aliphatic carbocycles. The molecule has 1 saturated heterocycles. The number of hydrogen-bond acceptors (Lipinski definition) is 4. The highest BCUT2D eigenvalue weighted by Gasteiger charge is 2.19. The lowest BCUT2D eigenvalue weighted by Crippen LogP contribution is -2.44. The topological polar surface area (TPSA) is 28.2 Å². The van der Waals surface area contributed by atoms with Crippen LogP contribution < -0.4 is 5.32 Å². The zero-order valence-electron chi connectivity index (χ0n) is 11.1. The number of hydrogen-bond donors (Lipinski definition) is 1. The van der Waals surface area contributed by atoms with Crippen molar-refractivity contribution in [1.82, 2.24) is 15.2 Å². The molecule has 4 heteroatoms. The van der Waals surface area contributed by atoms with Gasteiger partial charge in [-0.25, -0.2) is 4.98 Å². The van der Waals surface area contributed by atoms with E-state index < -0.39 is 0 Å². The summed E-state index contributed by atoms with van der Waals surface area (Å²) in [6.45, 7) is 7.70. The van der Waals surface area contributed by atoms with Crippen LogP contribution in [-0.4, -0.2) is 36.1 Å². The molecule has 0 bridgehead atoms. The van der Waals surface area contributed by atoms with Gasteiger partial charge in [-0.05, 0) is 39.3 Å².